The summed E-state index contributed by atoms with van der Waals surface area (Å²) >= 11 is 0. The van der Waals surface area contributed by atoms with Gasteiger partial charge in [-0.1, -0.05) is 70.2 Å². The molecule has 0 radical (unpaired) electrons. The highest BCUT2D eigenvalue weighted by Crippen LogP contribution is 2.78. The molecule has 1 N–H and O–H groups in total. The van der Waals surface area contributed by atoms with Crippen molar-refractivity contribution in [2.75, 3.05) is 13.2 Å². The number of esters is 6. The van der Waals surface area contributed by atoms with Crippen molar-refractivity contribution in [3.8, 4) is 0 Å². The smallest absolute Gasteiger partial charge is 0.303 e. The van der Waals surface area contributed by atoms with E-state index in [9.17, 15) is 33.6 Å². The highest BCUT2D eigenvalue weighted by molar-refractivity contribution is 5.84. The van der Waals surface area contributed by atoms with Crippen molar-refractivity contribution in [3.05, 3.63) is 48.0 Å². The Bertz CT molecular complexity index is 2450. The van der Waals surface area contributed by atoms with Gasteiger partial charge in [0.2, 0.25) is 5.91 Å². The average molecular weight is 1090 g/mol. The van der Waals surface area contributed by atoms with Gasteiger partial charge in [0.25, 0.3) is 0 Å². The molecule has 2 aliphatic heterocycles. The zero-order valence-corrected chi connectivity index (χ0v) is 47.9. The fourth-order valence-electron chi connectivity index (χ4n) is 17.0. The first-order valence-corrected chi connectivity index (χ1v) is 28.2. The van der Waals surface area contributed by atoms with Crippen LogP contribution in [0, 0.1) is 56.7 Å². The summed E-state index contributed by atoms with van der Waals surface area (Å²) in [6.45, 7) is 25.3. The average Bonchev–Trinajstić information content (AvgIpc) is 2.82. The topological polar surface area (TPSA) is 224 Å². The van der Waals surface area contributed by atoms with Crippen LogP contribution >= 0.6 is 0 Å². The minimum atomic E-state index is -1.59. The number of benzene rings is 1. The number of nitrogens with one attached hydrogen (secondary N) is 1. The molecule has 18 heteroatoms. The lowest BCUT2D eigenvalue weighted by Crippen LogP contribution is -2.69. The van der Waals surface area contributed by atoms with Crippen LogP contribution in [0.5, 0.6) is 0 Å². The number of carbonyl (C=O) groups is 7. The first-order valence-electron chi connectivity index (χ1n) is 28.2. The first kappa shape index (κ1) is 59.2. The Hall–Kier alpha value is -4.91. The molecule has 7 aliphatic rings. The maximum Gasteiger partial charge on any atom is 0.303 e. The van der Waals surface area contributed by atoms with Crippen LogP contribution in [0.25, 0.3) is 0 Å². The highest BCUT2D eigenvalue weighted by atomic mass is 16.8. The van der Waals surface area contributed by atoms with Crippen LogP contribution < -0.4 is 5.32 Å². The first-order chi connectivity index (χ1) is 36.7. The molecule has 2 saturated heterocycles. The van der Waals surface area contributed by atoms with E-state index < -0.39 is 108 Å². The summed E-state index contributed by atoms with van der Waals surface area (Å²) in [5.74, 6) is -3.03. The van der Waals surface area contributed by atoms with E-state index in [0.29, 0.717) is 18.9 Å². The van der Waals surface area contributed by atoms with E-state index in [-0.39, 0.29) is 59.0 Å². The van der Waals surface area contributed by atoms with Crippen LogP contribution in [-0.2, 0) is 87.5 Å². The Morgan fingerprint density at radius 1 is 0.615 bits per heavy atom. The third-order valence-electron chi connectivity index (χ3n) is 20.4. The standard InChI is InChI=1S/C60H85NO17/c1-32(2)41-21-26-60(55(68)61-29-40-17-15-14-16-18-40)28-27-58(12)42(47(41)60)19-20-45-56(10)24-23-46(57(11,31-70-34(4)62)44(56)22-25-59(45,58)13)77-53-51(49(74-37(7)65)43(30-69-53)72-35(5)63)78-54-52(76-39(9)67)50(75-38(8)66)48(33(3)71-54)73-36(6)64/h14-18,33,41-54H,1,19-31H2,2-13H3,(H,61,68)/t33-,41?,42?,43-,44?,45?,46-,47?,48-,49-,50+,51+,52+,53-,54-,56-,57-,58+,59+,60-/m0/s1. The molecule has 1 amide bonds. The van der Waals surface area contributed by atoms with Crippen LogP contribution in [0.15, 0.2) is 42.5 Å². The van der Waals surface area contributed by atoms with Gasteiger partial charge in [-0.25, -0.2) is 0 Å². The van der Waals surface area contributed by atoms with E-state index in [1.165, 1.54) is 27.7 Å². The number of rotatable bonds is 15. The lowest BCUT2D eigenvalue weighted by molar-refractivity contribution is -0.367. The molecular formula is C60H85NO17. The van der Waals surface area contributed by atoms with Crippen molar-refractivity contribution in [1.82, 2.24) is 5.32 Å². The third-order valence-corrected chi connectivity index (χ3v) is 20.4. The van der Waals surface area contributed by atoms with Gasteiger partial charge >= 0.3 is 35.8 Å². The van der Waals surface area contributed by atoms with Crippen LogP contribution in [0.1, 0.15) is 153 Å². The van der Waals surface area contributed by atoms with Crippen molar-refractivity contribution in [1.29, 1.82) is 0 Å². The van der Waals surface area contributed by atoms with Gasteiger partial charge in [-0.15, -0.1) is 0 Å². The van der Waals surface area contributed by atoms with Crippen molar-refractivity contribution in [2.45, 2.75) is 215 Å². The van der Waals surface area contributed by atoms with E-state index in [4.69, 9.17) is 47.4 Å². The number of fused-ring (bicyclic) bond motifs is 7. The molecule has 0 bridgehead atoms. The van der Waals surface area contributed by atoms with Crippen LogP contribution in [-0.4, -0.2) is 116 Å². The Labute approximate surface area is 459 Å². The highest BCUT2D eigenvalue weighted by Gasteiger charge is 2.73. The monoisotopic (exact) mass is 1090 g/mol. The fraction of sp³-hybridized carbons (Fsp3) is 0.750. The Kier molecular flexibility index (Phi) is 17.4. The molecule has 2 heterocycles. The van der Waals surface area contributed by atoms with Crippen LogP contribution in [0.2, 0.25) is 0 Å². The molecule has 0 spiro atoms. The van der Waals surface area contributed by atoms with Crippen LogP contribution in [0.4, 0.5) is 0 Å². The molecule has 5 saturated carbocycles. The summed E-state index contributed by atoms with van der Waals surface area (Å²) in [4.78, 5) is 91.0. The summed E-state index contributed by atoms with van der Waals surface area (Å²) in [7, 11) is 0. The molecule has 1 aromatic carbocycles. The Morgan fingerprint density at radius 2 is 1.24 bits per heavy atom. The van der Waals surface area contributed by atoms with Crippen molar-refractivity contribution < 1.29 is 80.9 Å². The van der Waals surface area contributed by atoms with Gasteiger partial charge in [0.05, 0.1) is 30.8 Å². The largest absolute Gasteiger partial charge is 0.465 e. The van der Waals surface area contributed by atoms with E-state index in [0.717, 1.165) is 82.8 Å². The van der Waals surface area contributed by atoms with E-state index in [1.807, 2.05) is 18.2 Å². The minimum absolute atomic E-state index is 0.0259. The number of amides is 1. The summed E-state index contributed by atoms with van der Waals surface area (Å²) in [6, 6.07) is 10.1. The molecule has 0 aromatic heterocycles. The maximum absolute atomic E-state index is 14.8. The van der Waals surface area contributed by atoms with Gasteiger partial charge in [0, 0.05) is 53.5 Å². The Morgan fingerprint density at radius 3 is 1.87 bits per heavy atom. The number of hydrogen-bond acceptors (Lipinski definition) is 17. The number of ether oxygens (including phenoxy) is 10. The van der Waals surface area contributed by atoms with Crippen molar-refractivity contribution >= 4 is 41.7 Å². The van der Waals surface area contributed by atoms with E-state index >= 15 is 0 Å². The van der Waals surface area contributed by atoms with E-state index in [1.54, 1.807) is 6.92 Å². The Balaban J connectivity index is 1.11. The molecule has 7 fully saturated rings. The lowest BCUT2D eigenvalue weighted by atomic mass is 9.32. The van der Waals surface area contributed by atoms with Crippen molar-refractivity contribution in [3.63, 3.8) is 0 Å². The molecule has 5 aliphatic carbocycles. The van der Waals surface area contributed by atoms with Gasteiger partial charge in [0.1, 0.15) is 0 Å². The summed E-state index contributed by atoms with van der Waals surface area (Å²) in [5.41, 5.74) is 0.501. The van der Waals surface area contributed by atoms with Gasteiger partial charge in [0.15, 0.2) is 49.2 Å². The summed E-state index contributed by atoms with van der Waals surface area (Å²) in [6.07, 6.45) is -4.40. The van der Waals surface area contributed by atoms with E-state index in [2.05, 4.69) is 58.6 Å². The summed E-state index contributed by atoms with van der Waals surface area (Å²) < 4.78 is 61.3. The molecular weight excluding hydrogens is 1010 g/mol. The van der Waals surface area contributed by atoms with Gasteiger partial charge in [-0.2, -0.15) is 0 Å². The van der Waals surface area contributed by atoms with Gasteiger partial charge in [-0.3, -0.25) is 33.6 Å². The normalized spacial score (nSPS) is 41.7. The zero-order valence-electron chi connectivity index (χ0n) is 47.9. The lowest BCUT2D eigenvalue weighted by Gasteiger charge is -2.73. The van der Waals surface area contributed by atoms with Gasteiger partial charge in [-0.05, 0) is 129 Å². The second-order valence-corrected chi connectivity index (χ2v) is 24.9. The molecule has 8 rings (SSSR count). The van der Waals surface area contributed by atoms with Gasteiger partial charge < -0.3 is 52.7 Å². The quantitative estimate of drug-likeness (QED) is 0.0759. The second kappa shape index (κ2) is 22.9. The molecule has 5 unspecified atom stereocenters. The summed E-state index contributed by atoms with van der Waals surface area (Å²) in [5, 5.41) is 3.41. The zero-order chi connectivity index (χ0) is 56.9. The second-order valence-electron chi connectivity index (χ2n) is 24.9. The minimum Gasteiger partial charge on any atom is -0.465 e. The molecule has 18 nitrogen and oxygen atoms in total. The fourth-order valence-corrected chi connectivity index (χ4v) is 17.0. The molecule has 78 heavy (non-hydrogen) atoms. The number of carbonyl (C=O) groups excluding carboxylic acids is 7. The van der Waals surface area contributed by atoms with Crippen molar-refractivity contribution in [2.24, 2.45) is 56.7 Å². The molecule has 20 atom stereocenters. The number of allylic oxidation sites excluding steroid dienone is 1. The predicted octanol–water partition coefficient (Wildman–Crippen LogP) is 8.03. The third kappa shape index (κ3) is 11.0. The predicted molar refractivity (Wildman–Crippen MR) is 280 cm³/mol. The molecule has 432 valence electrons. The molecule has 1 aromatic rings. The SMILES string of the molecule is C=C(C)C1CC[C@]2(C(=O)NCc3ccccc3)CC[C@]3(C)C(CCC4[C@@]5(C)CC[C@H](O[C@@H]6OC[C@H](OC(C)=O)[C@H](OC(C)=O)[C@H]6O[C@@H]6O[C@@H](C)[C@H](OC(C)=O)[C@@H](OC(C)=O)[C@H]6OC(C)=O)[C@@](C)(COC(C)=O)C5CC[C@]43C)C12. The number of hydrogen-bond donors (Lipinski definition) is 1. The van der Waals surface area contributed by atoms with Crippen LogP contribution in [0.3, 0.4) is 0 Å². The maximum atomic E-state index is 14.8.